The van der Waals surface area contributed by atoms with E-state index >= 15 is 0 Å². The van der Waals surface area contributed by atoms with Crippen LogP contribution in [-0.2, 0) is 6.54 Å². The van der Waals surface area contributed by atoms with Crippen LogP contribution in [0, 0.1) is 6.92 Å². The number of para-hydroxylation sites is 1. The van der Waals surface area contributed by atoms with Crippen LogP contribution in [0.3, 0.4) is 0 Å². The first-order valence-electron chi connectivity index (χ1n) is 9.13. The summed E-state index contributed by atoms with van der Waals surface area (Å²) in [5.74, 6) is 0.993. The Bertz CT molecular complexity index is 1180. The number of hydrogen-bond acceptors (Lipinski definition) is 6. The van der Waals surface area contributed by atoms with E-state index in [1.54, 1.807) is 10.6 Å². The molecular weight excluding hydrogens is 372 g/mol. The highest BCUT2D eigenvalue weighted by molar-refractivity contribution is 7.99. The van der Waals surface area contributed by atoms with Gasteiger partial charge in [-0.3, -0.25) is 9.36 Å². The van der Waals surface area contributed by atoms with Crippen molar-refractivity contribution in [1.82, 2.24) is 19.7 Å². The summed E-state index contributed by atoms with van der Waals surface area (Å²) in [7, 11) is 0. The lowest BCUT2D eigenvalue weighted by atomic mass is 10.1. The number of aryl methyl sites for hydroxylation is 1. The lowest BCUT2D eigenvalue weighted by molar-refractivity contribution is 0.508. The summed E-state index contributed by atoms with van der Waals surface area (Å²) in [5.41, 5.74) is 2.72. The molecule has 0 aliphatic rings. The smallest absolute Gasteiger partial charge is 0.262 e. The molecular formula is C21H20N4O2S. The third-order valence-corrected chi connectivity index (χ3v) is 5.59. The maximum Gasteiger partial charge on any atom is 0.262 e. The van der Waals surface area contributed by atoms with Crippen molar-refractivity contribution in [2.24, 2.45) is 0 Å². The molecule has 1 unspecified atom stereocenters. The van der Waals surface area contributed by atoms with Gasteiger partial charge in [0.05, 0.1) is 16.2 Å². The summed E-state index contributed by atoms with van der Waals surface area (Å²) in [6.45, 7) is 6.49. The highest BCUT2D eigenvalue weighted by Gasteiger charge is 2.20. The van der Waals surface area contributed by atoms with E-state index in [9.17, 15) is 4.79 Å². The summed E-state index contributed by atoms with van der Waals surface area (Å²) in [5, 5.41) is 9.50. The monoisotopic (exact) mass is 392 g/mol. The first kappa shape index (κ1) is 18.4. The molecule has 0 saturated carbocycles. The predicted molar refractivity (Wildman–Crippen MR) is 110 cm³/mol. The standard InChI is InChI=1S/C21H20N4O2S/c1-4-25-20(26)16-7-5-6-8-17(16)22-21(25)28-14(3)18-23-24-19(27-18)15-11-9-13(2)10-12-15/h5-12,14H,4H2,1-3H3. The highest BCUT2D eigenvalue weighted by Crippen LogP contribution is 2.34. The first-order chi connectivity index (χ1) is 13.6. The van der Waals surface area contributed by atoms with Crippen LogP contribution >= 0.6 is 11.8 Å². The third-order valence-electron chi connectivity index (χ3n) is 4.51. The molecule has 2 heterocycles. The Balaban J connectivity index is 1.64. The largest absolute Gasteiger partial charge is 0.419 e. The van der Waals surface area contributed by atoms with Gasteiger partial charge in [0.2, 0.25) is 11.8 Å². The van der Waals surface area contributed by atoms with Crippen LogP contribution in [0.5, 0.6) is 0 Å². The van der Waals surface area contributed by atoms with Gasteiger partial charge in [-0.25, -0.2) is 4.98 Å². The van der Waals surface area contributed by atoms with Crippen molar-refractivity contribution in [3.8, 4) is 11.5 Å². The van der Waals surface area contributed by atoms with Gasteiger partial charge in [-0.05, 0) is 45.0 Å². The van der Waals surface area contributed by atoms with Gasteiger partial charge in [0.25, 0.3) is 5.56 Å². The van der Waals surface area contributed by atoms with Gasteiger partial charge in [0, 0.05) is 12.1 Å². The average molecular weight is 392 g/mol. The van der Waals surface area contributed by atoms with Crippen molar-refractivity contribution in [2.45, 2.75) is 37.7 Å². The van der Waals surface area contributed by atoms with Crippen LogP contribution in [0.4, 0.5) is 0 Å². The number of benzene rings is 2. The van der Waals surface area contributed by atoms with E-state index in [1.165, 1.54) is 17.3 Å². The lowest BCUT2D eigenvalue weighted by Gasteiger charge is -2.13. The summed E-state index contributed by atoms with van der Waals surface area (Å²) < 4.78 is 7.56. The lowest BCUT2D eigenvalue weighted by Crippen LogP contribution is -2.22. The van der Waals surface area contributed by atoms with Crippen LogP contribution in [-0.4, -0.2) is 19.7 Å². The van der Waals surface area contributed by atoms with Gasteiger partial charge in [0.15, 0.2) is 5.16 Å². The fourth-order valence-electron chi connectivity index (χ4n) is 2.94. The molecule has 7 heteroatoms. The second kappa shape index (κ2) is 7.59. The van der Waals surface area contributed by atoms with Crippen molar-refractivity contribution >= 4 is 22.7 Å². The van der Waals surface area contributed by atoms with Gasteiger partial charge in [0.1, 0.15) is 0 Å². The Morgan fingerprint density at radius 2 is 1.86 bits per heavy atom. The van der Waals surface area contributed by atoms with E-state index in [0.717, 1.165) is 5.56 Å². The van der Waals surface area contributed by atoms with E-state index in [0.29, 0.717) is 34.4 Å². The van der Waals surface area contributed by atoms with Gasteiger partial charge >= 0.3 is 0 Å². The van der Waals surface area contributed by atoms with E-state index in [2.05, 4.69) is 15.2 Å². The van der Waals surface area contributed by atoms with E-state index < -0.39 is 0 Å². The molecule has 0 fully saturated rings. The number of nitrogens with zero attached hydrogens (tertiary/aromatic N) is 4. The maximum absolute atomic E-state index is 12.8. The number of rotatable bonds is 5. The Labute approximate surface area is 166 Å². The molecule has 0 bridgehead atoms. The predicted octanol–water partition coefficient (Wildman–Crippen LogP) is 4.63. The Hall–Kier alpha value is -2.93. The van der Waals surface area contributed by atoms with Crippen LogP contribution in [0.1, 0.15) is 30.6 Å². The molecule has 2 aromatic carbocycles. The molecule has 0 radical (unpaired) electrons. The summed E-state index contributed by atoms with van der Waals surface area (Å²) in [6, 6.07) is 15.3. The van der Waals surface area contributed by atoms with Crippen molar-refractivity contribution < 1.29 is 4.42 Å². The molecule has 0 amide bonds. The second-order valence-corrected chi connectivity index (χ2v) is 7.84. The normalized spacial score (nSPS) is 12.4. The average Bonchev–Trinajstić information content (AvgIpc) is 3.19. The molecule has 0 aliphatic carbocycles. The number of thioether (sulfide) groups is 1. The fraction of sp³-hybridized carbons (Fsp3) is 0.238. The molecule has 6 nitrogen and oxygen atoms in total. The zero-order valence-electron chi connectivity index (χ0n) is 15.9. The van der Waals surface area contributed by atoms with Gasteiger partial charge in [-0.2, -0.15) is 0 Å². The summed E-state index contributed by atoms with van der Waals surface area (Å²) >= 11 is 1.44. The third kappa shape index (κ3) is 3.45. The van der Waals surface area contributed by atoms with Gasteiger partial charge in [-0.1, -0.05) is 41.6 Å². The van der Waals surface area contributed by atoms with Crippen molar-refractivity contribution in [1.29, 1.82) is 0 Å². The number of fused-ring (bicyclic) bond motifs is 1. The van der Waals surface area contributed by atoms with Crippen LogP contribution in [0.2, 0.25) is 0 Å². The molecule has 0 aliphatic heterocycles. The van der Waals surface area contributed by atoms with E-state index in [1.807, 2.05) is 63.2 Å². The van der Waals surface area contributed by atoms with Crippen LogP contribution < -0.4 is 5.56 Å². The van der Waals surface area contributed by atoms with Crippen LogP contribution in [0.15, 0.2) is 62.9 Å². The van der Waals surface area contributed by atoms with Crippen molar-refractivity contribution in [3.05, 3.63) is 70.3 Å². The topological polar surface area (TPSA) is 73.8 Å². The molecule has 4 aromatic rings. The van der Waals surface area contributed by atoms with Gasteiger partial charge < -0.3 is 4.42 Å². The maximum atomic E-state index is 12.8. The minimum atomic E-state index is -0.141. The van der Waals surface area contributed by atoms with Gasteiger partial charge in [-0.15, -0.1) is 10.2 Å². The Morgan fingerprint density at radius 3 is 2.61 bits per heavy atom. The minimum absolute atomic E-state index is 0.0336. The number of hydrogen-bond donors (Lipinski definition) is 0. The first-order valence-corrected chi connectivity index (χ1v) is 10.0. The zero-order valence-corrected chi connectivity index (χ0v) is 16.7. The molecule has 4 rings (SSSR count). The quantitative estimate of drug-likeness (QED) is 0.364. The Kier molecular flexibility index (Phi) is 5.00. The molecule has 0 saturated heterocycles. The molecule has 1 atom stereocenters. The number of aromatic nitrogens is 4. The minimum Gasteiger partial charge on any atom is -0.419 e. The fourth-order valence-corrected chi connectivity index (χ4v) is 3.94. The SMILES string of the molecule is CCn1c(SC(C)c2nnc(-c3ccc(C)cc3)o2)nc2ccccc2c1=O. The summed E-state index contributed by atoms with van der Waals surface area (Å²) in [4.78, 5) is 17.5. The van der Waals surface area contributed by atoms with E-state index in [-0.39, 0.29) is 10.8 Å². The molecule has 2 aromatic heterocycles. The Morgan fingerprint density at radius 1 is 1.11 bits per heavy atom. The molecule has 0 N–H and O–H groups in total. The zero-order chi connectivity index (χ0) is 19.7. The van der Waals surface area contributed by atoms with Crippen molar-refractivity contribution in [3.63, 3.8) is 0 Å². The van der Waals surface area contributed by atoms with E-state index in [4.69, 9.17) is 4.42 Å². The van der Waals surface area contributed by atoms with Crippen LogP contribution in [0.25, 0.3) is 22.4 Å². The summed E-state index contributed by atoms with van der Waals surface area (Å²) in [6.07, 6.45) is 0. The molecule has 0 spiro atoms. The van der Waals surface area contributed by atoms with Crippen molar-refractivity contribution in [2.75, 3.05) is 0 Å². The second-order valence-electron chi connectivity index (χ2n) is 6.53. The highest BCUT2D eigenvalue weighted by atomic mass is 32.2. The molecule has 28 heavy (non-hydrogen) atoms. The molecule has 142 valence electrons.